The molecule has 0 heterocycles. The first kappa shape index (κ1) is 14.4. The van der Waals surface area contributed by atoms with Gasteiger partial charge in [0.2, 0.25) is 5.91 Å². The zero-order valence-corrected chi connectivity index (χ0v) is 11.8. The van der Waals surface area contributed by atoms with Crippen molar-refractivity contribution in [2.24, 2.45) is 11.1 Å². The zero-order valence-electron chi connectivity index (χ0n) is 11.0. The Labute approximate surface area is 110 Å². The maximum atomic E-state index is 12.6. The monoisotopic (exact) mass is 256 g/mol. The molecule has 1 aliphatic carbocycles. The van der Waals surface area contributed by atoms with Crippen molar-refractivity contribution in [3.8, 4) is 0 Å². The van der Waals surface area contributed by atoms with E-state index in [2.05, 4.69) is 0 Å². The normalized spacial score (nSPS) is 19.4. The molecular weight excluding hydrogens is 232 g/mol. The van der Waals surface area contributed by atoms with E-state index in [4.69, 9.17) is 18.0 Å². The van der Waals surface area contributed by atoms with Crippen LogP contribution in [0.4, 0.5) is 0 Å². The van der Waals surface area contributed by atoms with Crippen LogP contribution in [0.25, 0.3) is 0 Å². The van der Waals surface area contributed by atoms with Crippen molar-refractivity contribution >= 4 is 23.1 Å². The fraction of sp³-hybridized carbons (Fsp3) is 0.846. The summed E-state index contributed by atoms with van der Waals surface area (Å²) < 4.78 is 0. The molecule has 17 heavy (non-hydrogen) atoms. The highest BCUT2D eigenvalue weighted by atomic mass is 32.1. The maximum absolute atomic E-state index is 12.6. The Kier molecular flexibility index (Phi) is 5.37. The van der Waals surface area contributed by atoms with Gasteiger partial charge < -0.3 is 10.6 Å². The third kappa shape index (κ3) is 2.97. The van der Waals surface area contributed by atoms with Crippen LogP contribution in [-0.2, 0) is 4.79 Å². The van der Waals surface area contributed by atoms with E-state index in [1.807, 2.05) is 18.7 Å². The highest BCUT2D eigenvalue weighted by molar-refractivity contribution is 7.80. The molecule has 0 aliphatic heterocycles. The minimum absolute atomic E-state index is 0.150. The van der Waals surface area contributed by atoms with E-state index in [-0.39, 0.29) is 5.91 Å². The first-order valence-electron chi connectivity index (χ1n) is 6.67. The lowest BCUT2D eigenvalue weighted by Gasteiger charge is -2.35. The van der Waals surface area contributed by atoms with Crippen molar-refractivity contribution in [2.75, 3.05) is 13.1 Å². The van der Waals surface area contributed by atoms with E-state index in [0.29, 0.717) is 4.99 Å². The Hall–Kier alpha value is -0.640. The molecule has 0 radical (unpaired) electrons. The molecule has 0 aromatic rings. The molecule has 4 heteroatoms. The molecule has 0 aromatic heterocycles. The molecule has 1 amide bonds. The maximum Gasteiger partial charge on any atom is 0.235 e. The largest absolute Gasteiger partial charge is 0.392 e. The minimum Gasteiger partial charge on any atom is -0.392 e. The van der Waals surface area contributed by atoms with Crippen molar-refractivity contribution in [3.05, 3.63) is 0 Å². The molecule has 0 spiro atoms. The van der Waals surface area contributed by atoms with Crippen LogP contribution in [0.2, 0.25) is 0 Å². The quantitative estimate of drug-likeness (QED) is 0.621. The summed E-state index contributed by atoms with van der Waals surface area (Å²) >= 11 is 5.21. The van der Waals surface area contributed by atoms with E-state index in [9.17, 15) is 4.79 Å². The molecule has 2 N–H and O–H groups in total. The van der Waals surface area contributed by atoms with E-state index in [1.54, 1.807) is 0 Å². The Morgan fingerprint density at radius 2 is 1.65 bits per heavy atom. The van der Waals surface area contributed by atoms with Crippen LogP contribution in [0.5, 0.6) is 0 Å². The van der Waals surface area contributed by atoms with Gasteiger partial charge in [-0.05, 0) is 26.7 Å². The molecule has 1 aliphatic rings. The molecule has 0 bridgehead atoms. The number of rotatable bonds is 4. The van der Waals surface area contributed by atoms with Gasteiger partial charge in [-0.2, -0.15) is 0 Å². The smallest absolute Gasteiger partial charge is 0.235 e. The predicted molar refractivity (Wildman–Crippen MR) is 74.8 cm³/mol. The number of carbonyl (C=O) groups excluding carboxylic acids is 1. The number of amides is 1. The molecule has 98 valence electrons. The summed E-state index contributed by atoms with van der Waals surface area (Å²) in [5.74, 6) is 0.150. The summed E-state index contributed by atoms with van der Waals surface area (Å²) in [7, 11) is 0. The van der Waals surface area contributed by atoms with Crippen molar-refractivity contribution < 1.29 is 4.79 Å². The van der Waals surface area contributed by atoms with Gasteiger partial charge in [0, 0.05) is 13.1 Å². The second-order valence-corrected chi connectivity index (χ2v) is 5.28. The molecular formula is C13H24N2OS. The van der Waals surface area contributed by atoms with Crippen molar-refractivity contribution in [1.29, 1.82) is 0 Å². The van der Waals surface area contributed by atoms with E-state index in [0.717, 1.165) is 38.8 Å². The molecule has 1 fully saturated rings. The second kappa shape index (κ2) is 6.34. The highest BCUT2D eigenvalue weighted by Gasteiger charge is 2.43. The van der Waals surface area contributed by atoms with Gasteiger partial charge in [-0.3, -0.25) is 4.79 Å². The summed E-state index contributed by atoms with van der Waals surface area (Å²) in [5, 5.41) is 0. The number of hydrogen-bond donors (Lipinski definition) is 1. The van der Waals surface area contributed by atoms with E-state index in [1.165, 1.54) is 12.8 Å². The summed E-state index contributed by atoms with van der Waals surface area (Å²) in [6.45, 7) is 5.48. The van der Waals surface area contributed by atoms with Gasteiger partial charge in [0.05, 0.1) is 10.4 Å². The van der Waals surface area contributed by atoms with Gasteiger partial charge in [0.1, 0.15) is 0 Å². The lowest BCUT2D eigenvalue weighted by molar-refractivity contribution is -0.138. The summed E-state index contributed by atoms with van der Waals surface area (Å²) in [5.41, 5.74) is 5.35. The molecule has 1 rings (SSSR count). The number of nitrogens with two attached hydrogens (primary N) is 1. The standard InChI is InChI=1S/C13H24N2OS/c1-3-15(4-2)12(16)13(11(14)17)9-7-5-6-8-10-13/h3-10H2,1-2H3,(H2,14,17). The van der Waals surface area contributed by atoms with Crippen LogP contribution < -0.4 is 5.73 Å². The van der Waals surface area contributed by atoms with Crippen LogP contribution in [-0.4, -0.2) is 28.9 Å². The second-order valence-electron chi connectivity index (χ2n) is 4.84. The summed E-state index contributed by atoms with van der Waals surface area (Å²) in [6, 6.07) is 0. The fourth-order valence-electron chi connectivity index (χ4n) is 2.71. The van der Waals surface area contributed by atoms with Gasteiger partial charge in [0.15, 0.2) is 0 Å². The van der Waals surface area contributed by atoms with Crippen LogP contribution in [0.1, 0.15) is 52.4 Å². The van der Waals surface area contributed by atoms with Gasteiger partial charge in [0.25, 0.3) is 0 Å². The number of hydrogen-bond acceptors (Lipinski definition) is 2. The number of nitrogens with zero attached hydrogens (tertiary/aromatic N) is 1. The van der Waals surface area contributed by atoms with Gasteiger partial charge in [-0.1, -0.05) is 37.9 Å². The minimum atomic E-state index is -0.558. The van der Waals surface area contributed by atoms with Crippen molar-refractivity contribution in [2.45, 2.75) is 52.4 Å². The fourth-order valence-corrected chi connectivity index (χ4v) is 3.00. The summed E-state index contributed by atoms with van der Waals surface area (Å²) in [4.78, 5) is 14.9. The Bertz CT molecular complexity index is 279. The van der Waals surface area contributed by atoms with Crippen LogP contribution in [0.3, 0.4) is 0 Å². The molecule has 3 nitrogen and oxygen atoms in total. The molecule has 0 saturated heterocycles. The van der Waals surface area contributed by atoms with Gasteiger partial charge >= 0.3 is 0 Å². The topological polar surface area (TPSA) is 46.3 Å². The number of carbonyl (C=O) groups is 1. The molecule has 0 atom stereocenters. The zero-order chi connectivity index (χ0) is 12.9. The first-order valence-corrected chi connectivity index (χ1v) is 7.08. The predicted octanol–water partition coefficient (Wildman–Crippen LogP) is 2.48. The van der Waals surface area contributed by atoms with Gasteiger partial charge in [-0.25, -0.2) is 0 Å². The third-order valence-electron chi connectivity index (χ3n) is 3.89. The van der Waals surface area contributed by atoms with Crippen molar-refractivity contribution in [3.63, 3.8) is 0 Å². The van der Waals surface area contributed by atoms with Crippen molar-refractivity contribution in [1.82, 2.24) is 4.90 Å². The van der Waals surface area contributed by atoms with Crippen LogP contribution >= 0.6 is 12.2 Å². The summed E-state index contributed by atoms with van der Waals surface area (Å²) in [6.07, 6.45) is 6.16. The molecule has 0 unspecified atom stereocenters. The Balaban J connectivity index is 2.97. The molecule has 1 saturated carbocycles. The Morgan fingerprint density at radius 3 is 2.00 bits per heavy atom. The van der Waals surface area contributed by atoms with E-state index < -0.39 is 5.41 Å². The van der Waals surface area contributed by atoms with Crippen LogP contribution in [0.15, 0.2) is 0 Å². The van der Waals surface area contributed by atoms with E-state index >= 15 is 0 Å². The van der Waals surface area contributed by atoms with Gasteiger partial charge in [-0.15, -0.1) is 0 Å². The third-order valence-corrected chi connectivity index (χ3v) is 4.28. The first-order chi connectivity index (χ1) is 8.08. The molecule has 0 aromatic carbocycles. The SMILES string of the molecule is CCN(CC)C(=O)C1(C(N)=S)CCCCCC1. The highest BCUT2D eigenvalue weighted by Crippen LogP contribution is 2.37. The Morgan fingerprint density at radius 1 is 1.18 bits per heavy atom. The average molecular weight is 256 g/mol. The average Bonchev–Trinajstić information content (AvgIpc) is 2.56. The lowest BCUT2D eigenvalue weighted by Crippen LogP contribution is -2.50. The lowest BCUT2D eigenvalue weighted by atomic mass is 9.78. The number of thiocarbonyl (C=S) groups is 1. The van der Waals surface area contributed by atoms with Crippen LogP contribution in [0, 0.1) is 5.41 Å².